The van der Waals surface area contributed by atoms with Crippen molar-refractivity contribution in [3.8, 4) is 0 Å². The molecule has 1 heterocycles. The number of nitrogens with zero attached hydrogens (tertiary/aromatic N) is 3. The molecule has 0 atom stereocenters. The summed E-state index contributed by atoms with van der Waals surface area (Å²) in [5.74, 6) is -0.236. The van der Waals surface area contributed by atoms with Crippen LogP contribution in [0.25, 0.3) is 10.2 Å². The summed E-state index contributed by atoms with van der Waals surface area (Å²) in [6.07, 6.45) is 0. The van der Waals surface area contributed by atoms with Crippen LogP contribution in [0.2, 0.25) is 5.02 Å². The molecule has 0 saturated carbocycles. The van der Waals surface area contributed by atoms with Gasteiger partial charge in [-0.2, -0.15) is 4.99 Å². The average molecular weight is 360 g/mol. The van der Waals surface area contributed by atoms with Crippen LogP contribution in [0, 0.1) is 0 Å². The van der Waals surface area contributed by atoms with Crippen molar-refractivity contribution in [1.29, 1.82) is 0 Å². The fraction of sp³-hybridized carbons (Fsp3) is 0.222. The number of hydrogen-bond acceptors (Lipinski definition) is 3. The smallest absolute Gasteiger partial charge is 0.279 e. The third kappa shape index (κ3) is 3.23. The number of halogens is 1. The van der Waals surface area contributed by atoms with E-state index in [1.165, 1.54) is 11.3 Å². The predicted molar refractivity (Wildman–Crippen MR) is 101 cm³/mol. The summed E-state index contributed by atoms with van der Waals surface area (Å²) in [7, 11) is 3.93. The number of carbonyl (C=O) groups excluding carboxylic acids is 1. The molecule has 0 N–H and O–H groups in total. The molecule has 0 fully saturated rings. The minimum atomic E-state index is -0.236. The number of thiazole rings is 1. The zero-order valence-electron chi connectivity index (χ0n) is 13.8. The first-order valence-corrected chi connectivity index (χ1v) is 8.84. The number of amides is 1. The Hall–Kier alpha value is -2.11. The van der Waals surface area contributed by atoms with E-state index in [-0.39, 0.29) is 5.91 Å². The van der Waals surface area contributed by atoms with Gasteiger partial charge in [-0.25, -0.2) is 0 Å². The Kier molecular flexibility index (Phi) is 4.73. The maximum atomic E-state index is 12.5. The van der Waals surface area contributed by atoms with Gasteiger partial charge in [0.15, 0.2) is 4.80 Å². The Balaban J connectivity index is 2.04. The minimum absolute atomic E-state index is 0.236. The summed E-state index contributed by atoms with van der Waals surface area (Å²) in [6.45, 7) is 2.78. The van der Waals surface area contributed by atoms with E-state index in [1.807, 2.05) is 73.0 Å². The molecule has 24 heavy (non-hydrogen) atoms. The molecule has 0 aliphatic carbocycles. The maximum absolute atomic E-state index is 12.5. The van der Waals surface area contributed by atoms with Crippen LogP contribution in [0.5, 0.6) is 0 Å². The quantitative estimate of drug-likeness (QED) is 0.703. The molecule has 0 aliphatic heterocycles. The van der Waals surface area contributed by atoms with E-state index in [2.05, 4.69) is 4.99 Å². The van der Waals surface area contributed by atoms with Crippen molar-refractivity contribution >= 4 is 44.7 Å². The highest BCUT2D eigenvalue weighted by Crippen LogP contribution is 2.22. The van der Waals surface area contributed by atoms with Crippen LogP contribution in [0.3, 0.4) is 0 Å². The van der Waals surface area contributed by atoms with Gasteiger partial charge in [0.25, 0.3) is 5.91 Å². The summed E-state index contributed by atoms with van der Waals surface area (Å²) < 4.78 is 3.06. The number of aromatic nitrogens is 1. The minimum Gasteiger partial charge on any atom is -0.378 e. The van der Waals surface area contributed by atoms with E-state index < -0.39 is 0 Å². The van der Waals surface area contributed by atoms with Gasteiger partial charge < -0.3 is 9.47 Å². The third-order valence-corrected chi connectivity index (χ3v) is 5.07. The Morgan fingerprint density at radius 3 is 2.54 bits per heavy atom. The number of rotatable bonds is 3. The topological polar surface area (TPSA) is 37.6 Å². The van der Waals surface area contributed by atoms with Gasteiger partial charge in [-0.05, 0) is 49.4 Å². The first kappa shape index (κ1) is 16.7. The lowest BCUT2D eigenvalue weighted by atomic mass is 10.2. The number of fused-ring (bicyclic) bond motifs is 1. The summed E-state index contributed by atoms with van der Waals surface area (Å²) >= 11 is 7.54. The second kappa shape index (κ2) is 6.79. The third-order valence-electron chi connectivity index (χ3n) is 3.79. The summed E-state index contributed by atoms with van der Waals surface area (Å²) in [5, 5.41) is 0.684. The summed E-state index contributed by atoms with van der Waals surface area (Å²) in [6, 6.07) is 13.2. The standard InChI is InChI=1S/C18H18ClN3OS/c1-4-22-15-10-7-13(19)11-16(15)24-18(22)20-17(23)12-5-8-14(9-6-12)21(2)3/h5-11H,4H2,1-3H3. The molecule has 2 aromatic carbocycles. The zero-order chi connectivity index (χ0) is 17.3. The van der Waals surface area contributed by atoms with Crippen molar-refractivity contribution in [2.24, 2.45) is 4.99 Å². The Morgan fingerprint density at radius 2 is 1.92 bits per heavy atom. The fourth-order valence-electron chi connectivity index (χ4n) is 2.49. The van der Waals surface area contributed by atoms with Crippen molar-refractivity contribution in [2.75, 3.05) is 19.0 Å². The monoisotopic (exact) mass is 359 g/mol. The van der Waals surface area contributed by atoms with Gasteiger partial charge in [0.05, 0.1) is 10.2 Å². The molecule has 4 nitrogen and oxygen atoms in total. The molecule has 3 rings (SSSR count). The van der Waals surface area contributed by atoms with E-state index in [0.717, 1.165) is 22.4 Å². The Labute approximate surface area is 149 Å². The molecule has 0 spiro atoms. The van der Waals surface area contributed by atoms with Crippen molar-refractivity contribution < 1.29 is 4.79 Å². The summed E-state index contributed by atoms with van der Waals surface area (Å²) in [5.41, 5.74) is 2.67. The molecular formula is C18H18ClN3OS. The highest BCUT2D eigenvalue weighted by atomic mass is 35.5. The van der Waals surface area contributed by atoms with Gasteiger partial charge in [-0.1, -0.05) is 22.9 Å². The molecule has 0 bridgehead atoms. The van der Waals surface area contributed by atoms with E-state index in [9.17, 15) is 4.79 Å². The maximum Gasteiger partial charge on any atom is 0.279 e. The molecule has 124 valence electrons. The van der Waals surface area contributed by atoms with Gasteiger partial charge in [-0.15, -0.1) is 0 Å². The number of anilines is 1. The lowest BCUT2D eigenvalue weighted by Gasteiger charge is -2.11. The molecule has 1 amide bonds. The zero-order valence-corrected chi connectivity index (χ0v) is 15.4. The van der Waals surface area contributed by atoms with Gasteiger partial charge in [-0.3, -0.25) is 4.79 Å². The van der Waals surface area contributed by atoms with Crippen molar-refractivity contribution in [1.82, 2.24) is 4.57 Å². The van der Waals surface area contributed by atoms with E-state index >= 15 is 0 Å². The van der Waals surface area contributed by atoms with E-state index in [4.69, 9.17) is 11.6 Å². The molecule has 6 heteroatoms. The van der Waals surface area contributed by atoms with Crippen molar-refractivity contribution in [3.05, 3.63) is 57.9 Å². The van der Waals surface area contributed by atoms with Crippen molar-refractivity contribution in [2.45, 2.75) is 13.5 Å². The van der Waals surface area contributed by atoms with Crippen molar-refractivity contribution in [3.63, 3.8) is 0 Å². The van der Waals surface area contributed by atoms with Crippen LogP contribution >= 0.6 is 22.9 Å². The second-order valence-corrected chi connectivity index (χ2v) is 7.04. The predicted octanol–water partition coefficient (Wildman–Crippen LogP) is 4.18. The molecule has 0 saturated heterocycles. The average Bonchev–Trinajstić information content (AvgIpc) is 2.90. The van der Waals surface area contributed by atoms with Gasteiger partial charge in [0.2, 0.25) is 0 Å². The molecular weight excluding hydrogens is 342 g/mol. The number of benzene rings is 2. The van der Waals surface area contributed by atoms with Gasteiger partial charge in [0.1, 0.15) is 0 Å². The largest absolute Gasteiger partial charge is 0.378 e. The number of carbonyl (C=O) groups is 1. The van der Waals surface area contributed by atoms with Gasteiger partial charge in [0, 0.05) is 36.9 Å². The highest BCUT2D eigenvalue weighted by molar-refractivity contribution is 7.16. The normalized spacial score (nSPS) is 11.9. The second-order valence-electron chi connectivity index (χ2n) is 5.60. The van der Waals surface area contributed by atoms with Crippen LogP contribution < -0.4 is 9.70 Å². The lowest BCUT2D eigenvalue weighted by Crippen LogP contribution is -2.16. The lowest BCUT2D eigenvalue weighted by molar-refractivity contribution is 0.0998. The highest BCUT2D eigenvalue weighted by Gasteiger charge is 2.09. The Morgan fingerprint density at radius 1 is 1.21 bits per heavy atom. The molecule has 0 radical (unpaired) electrons. The molecule has 3 aromatic rings. The van der Waals surface area contributed by atoms with Crippen LogP contribution in [-0.4, -0.2) is 24.6 Å². The number of aryl methyl sites for hydroxylation is 1. The first-order valence-electron chi connectivity index (χ1n) is 7.65. The molecule has 0 unspecified atom stereocenters. The van der Waals surface area contributed by atoms with Gasteiger partial charge >= 0.3 is 0 Å². The van der Waals surface area contributed by atoms with E-state index in [1.54, 1.807) is 0 Å². The fourth-order valence-corrected chi connectivity index (χ4v) is 3.86. The molecule has 0 aliphatic rings. The van der Waals surface area contributed by atoms with Crippen LogP contribution in [0.15, 0.2) is 47.5 Å². The number of hydrogen-bond donors (Lipinski definition) is 0. The van der Waals surface area contributed by atoms with Crippen LogP contribution in [0.1, 0.15) is 17.3 Å². The van der Waals surface area contributed by atoms with Crippen LogP contribution in [-0.2, 0) is 6.54 Å². The van der Waals surface area contributed by atoms with E-state index in [0.29, 0.717) is 15.4 Å². The Bertz CT molecular complexity index is 955. The molecule has 1 aromatic heterocycles. The summed E-state index contributed by atoms with van der Waals surface area (Å²) in [4.78, 5) is 19.5. The first-order chi connectivity index (χ1) is 11.5. The SMILES string of the molecule is CCn1c(=NC(=O)c2ccc(N(C)C)cc2)sc2cc(Cl)ccc21. The van der Waals surface area contributed by atoms with Crippen LogP contribution in [0.4, 0.5) is 5.69 Å².